The molecule has 1 amide bonds. The third-order valence-electron chi connectivity index (χ3n) is 2.91. The quantitative estimate of drug-likeness (QED) is 0.436. The predicted octanol–water partition coefficient (Wildman–Crippen LogP) is 2.76. The molecule has 0 bridgehead atoms. The summed E-state index contributed by atoms with van der Waals surface area (Å²) in [4.78, 5) is 11.6. The average Bonchev–Trinajstić information content (AvgIpc) is 2.46. The van der Waals surface area contributed by atoms with Crippen molar-refractivity contribution in [2.45, 2.75) is 71.8 Å². The van der Waals surface area contributed by atoms with Gasteiger partial charge in [0.1, 0.15) is 5.60 Å². The van der Waals surface area contributed by atoms with Crippen LogP contribution in [0.2, 0.25) is 0 Å². The number of nitrogens with one attached hydrogen (secondary N) is 1. The summed E-state index contributed by atoms with van der Waals surface area (Å²) in [6, 6.07) is -0.236. The van der Waals surface area contributed by atoms with Gasteiger partial charge in [0.15, 0.2) is 6.29 Å². The van der Waals surface area contributed by atoms with Crippen LogP contribution in [0.1, 0.15) is 55.3 Å². The zero-order chi connectivity index (χ0) is 18.6. The Hall–Kier alpha value is -0.960. The first kappa shape index (κ1) is 26.3. The van der Waals surface area contributed by atoms with Crippen molar-refractivity contribution in [1.82, 2.24) is 5.32 Å². The van der Waals surface area contributed by atoms with Crippen LogP contribution in [0.3, 0.4) is 0 Å². The zero-order valence-corrected chi connectivity index (χ0v) is 17.1. The Labute approximate surface area is 155 Å². The van der Waals surface area contributed by atoms with Crippen LogP contribution in [0.5, 0.6) is 0 Å². The highest BCUT2D eigenvalue weighted by molar-refractivity contribution is 7.87. The molecule has 0 aliphatic heterocycles. The maximum absolute atomic E-state index is 11.9. The average molecular weight is 384 g/mol. The number of hydrogen-bond donors (Lipinski definition) is 1. The Morgan fingerprint density at radius 3 is 2.48 bits per heavy atom. The van der Waals surface area contributed by atoms with Gasteiger partial charge in [0, 0.05) is 43.1 Å². The summed E-state index contributed by atoms with van der Waals surface area (Å²) < 4.78 is 27.7. The molecule has 0 rings (SSSR count). The van der Waals surface area contributed by atoms with Crippen LogP contribution >= 0.6 is 0 Å². The van der Waals surface area contributed by atoms with Crippen LogP contribution in [-0.2, 0) is 25.0 Å². The summed E-state index contributed by atoms with van der Waals surface area (Å²) in [7, 11) is 0.576. The fourth-order valence-electron chi connectivity index (χ4n) is 1.83. The summed E-state index contributed by atoms with van der Waals surface area (Å²) in [5.74, 6) is 0.582. The molecule has 3 atom stereocenters. The highest BCUT2D eigenvalue weighted by atomic mass is 32.2. The molecule has 0 aliphatic carbocycles. The molecule has 25 heavy (non-hydrogen) atoms. The van der Waals surface area contributed by atoms with E-state index in [1.165, 1.54) is 0 Å². The minimum atomic E-state index is -1.05. The van der Waals surface area contributed by atoms with Crippen molar-refractivity contribution in [3.63, 3.8) is 0 Å². The molecule has 0 aromatic heterocycles. The maximum atomic E-state index is 11.9. The van der Waals surface area contributed by atoms with Crippen LogP contribution in [-0.4, -0.2) is 53.2 Å². The van der Waals surface area contributed by atoms with Gasteiger partial charge < -0.3 is 25.0 Å². The summed E-state index contributed by atoms with van der Waals surface area (Å²) in [6.07, 6.45) is 3.57. The van der Waals surface area contributed by atoms with Crippen LogP contribution in [0, 0.1) is 0 Å². The molecular weight excluding hydrogens is 346 g/mol. The molecule has 0 aromatic carbocycles. The third-order valence-corrected chi connectivity index (χ3v) is 4.07. The van der Waals surface area contributed by atoms with Gasteiger partial charge in [0.05, 0.1) is 0 Å². The van der Waals surface area contributed by atoms with E-state index < -0.39 is 22.5 Å². The van der Waals surface area contributed by atoms with E-state index in [-0.39, 0.29) is 19.2 Å². The lowest BCUT2D eigenvalue weighted by Crippen LogP contribution is -2.36. The third kappa shape index (κ3) is 16.3. The fourth-order valence-corrected chi connectivity index (χ4v) is 2.86. The number of alkyl carbamates (subject to hydrolysis) is 1. The summed E-state index contributed by atoms with van der Waals surface area (Å²) in [5, 5.41) is 4.30. The van der Waals surface area contributed by atoms with Gasteiger partial charge >= 0.3 is 6.09 Å². The molecule has 0 saturated carbocycles. The molecular formula is C17H37NO6S. The molecule has 0 spiro atoms. The van der Waals surface area contributed by atoms with Crippen LogP contribution < -0.4 is 5.32 Å². The summed E-state index contributed by atoms with van der Waals surface area (Å²) >= 11 is 0. The maximum Gasteiger partial charge on any atom is 0.408 e. The van der Waals surface area contributed by atoms with Gasteiger partial charge in [-0.05, 0) is 53.9 Å². The monoisotopic (exact) mass is 383 g/mol. The number of amides is 1. The van der Waals surface area contributed by atoms with Crippen molar-refractivity contribution >= 4 is 16.9 Å². The standard InChI is InChI=1S/C17H33NO5S.H2O.H2/c1-7-22-15(21-6)10-8-9-12-24(20)13-11-14(2)18-16(19)23-17(3,4)5;;/h11,13-15H,7-10,12H2,1-6H3,(H,18,19);1H2;1H/b13-11-;;/t14-,15?,24?;;/m1../s1. The number of hydrogen-bond acceptors (Lipinski definition) is 5. The van der Waals surface area contributed by atoms with Crippen molar-refractivity contribution in [2.75, 3.05) is 19.5 Å². The van der Waals surface area contributed by atoms with Gasteiger partial charge in [-0.25, -0.2) is 4.79 Å². The van der Waals surface area contributed by atoms with Gasteiger partial charge in [-0.15, -0.1) is 0 Å². The summed E-state index contributed by atoms with van der Waals surface area (Å²) in [5.41, 5.74) is -0.530. The molecule has 152 valence electrons. The lowest BCUT2D eigenvalue weighted by atomic mass is 10.2. The Morgan fingerprint density at radius 1 is 1.32 bits per heavy atom. The molecule has 0 radical (unpaired) electrons. The van der Waals surface area contributed by atoms with Crippen LogP contribution in [0.15, 0.2) is 11.5 Å². The van der Waals surface area contributed by atoms with E-state index in [0.717, 1.165) is 19.3 Å². The Morgan fingerprint density at radius 2 is 1.96 bits per heavy atom. The van der Waals surface area contributed by atoms with Crippen molar-refractivity contribution in [3.8, 4) is 0 Å². The van der Waals surface area contributed by atoms with Gasteiger partial charge in [-0.2, -0.15) is 0 Å². The van der Waals surface area contributed by atoms with E-state index in [1.807, 2.05) is 34.6 Å². The number of unbranched alkanes of at least 4 members (excludes halogenated alkanes) is 1. The minimum absolute atomic E-state index is 0. The molecule has 0 saturated heterocycles. The first-order valence-electron chi connectivity index (χ1n) is 8.37. The van der Waals surface area contributed by atoms with E-state index in [0.29, 0.717) is 12.4 Å². The normalized spacial score (nSPS) is 15.3. The van der Waals surface area contributed by atoms with Gasteiger partial charge in [-0.1, -0.05) is 6.08 Å². The van der Waals surface area contributed by atoms with Crippen molar-refractivity contribution < 1.29 is 30.1 Å². The first-order chi connectivity index (χ1) is 11.2. The molecule has 0 aromatic rings. The Bertz CT molecular complexity index is 415. The number of carbonyl (C=O) groups is 1. The number of methoxy groups -OCH3 is 1. The summed E-state index contributed by atoms with van der Waals surface area (Å²) in [6.45, 7) is 9.78. The zero-order valence-electron chi connectivity index (χ0n) is 16.3. The highest BCUT2D eigenvalue weighted by Crippen LogP contribution is 2.08. The second-order valence-electron chi connectivity index (χ2n) is 6.46. The SMILES string of the molecule is CCOC(CCCCS(=O)/C=C\[C@@H](C)NC(=O)OC(C)(C)C)OC.O.[HH]. The molecule has 3 N–H and O–H groups in total. The smallest absolute Gasteiger partial charge is 0.408 e. The number of ether oxygens (including phenoxy) is 3. The second kappa shape index (κ2) is 14.2. The van der Waals surface area contributed by atoms with Crippen LogP contribution in [0.25, 0.3) is 0 Å². The minimum Gasteiger partial charge on any atom is -0.444 e. The van der Waals surface area contributed by atoms with Gasteiger partial charge in [0.25, 0.3) is 0 Å². The van der Waals surface area contributed by atoms with E-state index in [9.17, 15) is 9.00 Å². The molecule has 8 heteroatoms. The number of rotatable bonds is 11. The highest BCUT2D eigenvalue weighted by Gasteiger charge is 2.16. The Balaban J connectivity index is -0.00000264. The lowest BCUT2D eigenvalue weighted by Gasteiger charge is -2.20. The van der Waals surface area contributed by atoms with Crippen molar-refractivity contribution in [2.24, 2.45) is 0 Å². The van der Waals surface area contributed by atoms with E-state index >= 15 is 0 Å². The van der Waals surface area contributed by atoms with Gasteiger partial charge in [0.2, 0.25) is 0 Å². The molecule has 7 nitrogen and oxygen atoms in total. The molecule has 0 fully saturated rings. The second-order valence-corrected chi connectivity index (χ2v) is 7.91. The Kier molecular flexibility index (Phi) is 15.0. The van der Waals surface area contributed by atoms with Crippen LogP contribution in [0.4, 0.5) is 4.79 Å². The topological polar surface area (TPSA) is 105 Å². The van der Waals surface area contributed by atoms with E-state index in [1.54, 1.807) is 18.6 Å². The molecule has 2 unspecified atom stereocenters. The van der Waals surface area contributed by atoms with E-state index in [2.05, 4.69) is 5.32 Å². The van der Waals surface area contributed by atoms with Crippen molar-refractivity contribution in [1.29, 1.82) is 0 Å². The lowest BCUT2D eigenvalue weighted by molar-refractivity contribution is -0.124. The largest absolute Gasteiger partial charge is 0.444 e. The molecule has 0 heterocycles. The fraction of sp³-hybridized carbons (Fsp3) is 0.824. The predicted molar refractivity (Wildman–Crippen MR) is 103 cm³/mol. The molecule has 0 aliphatic rings. The van der Waals surface area contributed by atoms with Gasteiger partial charge in [-0.3, -0.25) is 4.21 Å². The number of carbonyl (C=O) groups excluding carboxylic acids is 1. The first-order valence-corrected chi connectivity index (χ1v) is 9.75. The van der Waals surface area contributed by atoms with E-state index in [4.69, 9.17) is 14.2 Å². The van der Waals surface area contributed by atoms with Crippen molar-refractivity contribution in [3.05, 3.63) is 11.5 Å².